The van der Waals surface area contributed by atoms with Gasteiger partial charge in [-0.15, -0.1) is 0 Å². The van der Waals surface area contributed by atoms with Crippen molar-refractivity contribution in [1.82, 2.24) is 0 Å². The van der Waals surface area contributed by atoms with Crippen molar-refractivity contribution in [3.05, 3.63) is 34.3 Å². The van der Waals surface area contributed by atoms with E-state index in [9.17, 15) is 4.79 Å². The summed E-state index contributed by atoms with van der Waals surface area (Å²) >= 11 is 6.00. The molecule has 1 aliphatic carbocycles. The summed E-state index contributed by atoms with van der Waals surface area (Å²) in [6.45, 7) is 0. The number of carboxylic acid groups (broad SMARTS) is 1. The van der Waals surface area contributed by atoms with E-state index in [4.69, 9.17) is 16.7 Å². The second kappa shape index (κ2) is 5.54. The lowest BCUT2D eigenvalue weighted by atomic mass is 9.91. The topological polar surface area (TPSA) is 37.3 Å². The Hall–Kier alpha value is -1.02. The number of benzene rings is 1. The average molecular weight is 253 g/mol. The molecule has 0 radical (unpaired) electrons. The zero-order chi connectivity index (χ0) is 12.3. The molecular weight excluding hydrogens is 236 g/mol. The van der Waals surface area contributed by atoms with Crippen LogP contribution in [0.4, 0.5) is 0 Å². The number of hydrogen-bond acceptors (Lipinski definition) is 1. The molecule has 0 spiro atoms. The van der Waals surface area contributed by atoms with Crippen molar-refractivity contribution < 1.29 is 9.90 Å². The lowest BCUT2D eigenvalue weighted by molar-refractivity contribution is 0.0697. The number of rotatable bonds is 2. The Balaban J connectivity index is 2.21. The summed E-state index contributed by atoms with van der Waals surface area (Å²) in [4.78, 5) is 10.9. The van der Waals surface area contributed by atoms with Crippen LogP contribution in [0, 0.1) is 0 Å². The zero-order valence-electron chi connectivity index (χ0n) is 9.79. The molecule has 1 aliphatic rings. The highest BCUT2D eigenvalue weighted by Crippen LogP contribution is 2.33. The van der Waals surface area contributed by atoms with Crippen molar-refractivity contribution in [1.29, 1.82) is 0 Å². The molecule has 0 unspecified atom stereocenters. The van der Waals surface area contributed by atoms with Crippen LogP contribution in [0.3, 0.4) is 0 Å². The average Bonchev–Trinajstić information content (AvgIpc) is 2.56. The number of hydrogen-bond donors (Lipinski definition) is 1. The van der Waals surface area contributed by atoms with Crippen LogP contribution in [0.25, 0.3) is 0 Å². The van der Waals surface area contributed by atoms with Gasteiger partial charge in [0.1, 0.15) is 0 Å². The molecule has 1 aromatic rings. The third-order valence-electron chi connectivity index (χ3n) is 3.55. The molecule has 1 N–H and O–H groups in total. The van der Waals surface area contributed by atoms with E-state index in [0.29, 0.717) is 10.9 Å². The van der Waals surface area contributed by atoms with Gasteiger partial charge < -0.3 is 5.11 Å². The quantitative estimate of drug-likeness (QED) is 0.788. The molecule has 0 saturated heterocycles. The van der Waals surface area contributed by atoms with Crippen molar-refractivity contribution in [2.75, 3.05) is 0 Å². The number of halogens is 1. The fourth-order valence-electron chi connectivity index (χ4n) is 2.57. The minimum atomic E-state index is -0.956. The largest absolute Gasteiger partial charge is 0.478 e. The second-order valence-corrected chi connectivity index (χ2v) is 5.14. The highest BCUT2D eigenvalue weighted by atomic mass is 35.5. The van der Waals surface area contributed by atoms with E-state index in [1.165, 1.54) is 44.1 Å². The summed E-state index contributed by atoms with van der Waals surface area (Å²) in [5.41, 5.74) is 1.39. The third kappa shape index (κ3) is 3.01. The lowest BCUT2D eigenvalue weighted by Crippen LogP contribution is -2.01. The number of carboxylic acids is 1. The van der Waals surface area contributed by atoms with E-state index in [1.54, 1.807) is 6.07 Å². The Morgan fingerprint density at radius 2 is 1.82 bits per heavy atom. The molecule has 0 aliphatic heterocycles. The van der Waals surface area contributed by atoms with E-state index in [-0.39, 0.29) is 5.56 Å². The van der Waals surface area contributed by atoms with Crippen LogP contribution in [0.15, 0.2) is 18.2 Å². The van der Waals surface area contributed by atoms with Crippen molar-refractivity contribution in [2.24, 2.45) is 0 Å². The van der Waals surface area contributed by atoms with Gasteiger partial charge in [0.15, 0.2) is 0 Å². The number of carbonyl (C=O) groups is 1. The van der Waals surface area contributed by atoms with Crippen LogP contribution in [-0.2, 0) is 0 Å². The molecule has 1 fully saturated rings. The summed E-state index contributed by atoms with van der Waals surface area (Å²) in [7, 11) is 0. The van der Waals surface area contributed by atoms with Crippen LogP contribution in [0.2, 0.25) is 5.02 Å². The SMILES string of the molecule is O=C(O)c1ccc(C2CCCCCC2)cc1Cl. The predicted molar refractivity (Wildman–Crippen MR) is 68.9 cm³/mol. The van der Waals surface area contributed by atoms with Gasteiger partial charge in [-0.25, -0.2) is 4.79 Å². The molecule has 1 aromatic carbocycles. The molecule has 0 amide bonds. The maximum absolute atomic E-state index is 10.9. The van der Waals surface area contributed by atoms with Crippen LogP contribution in [0.1, 0.15) is 60.4 Å². The van der Waals surface area contributed by atoms with E-state index < -0.39 is 5.97 Å². The Bertz CT molecular complexity index is 407. The predicted octanol–water partition coefficient (Wildman–Crippen LogP) is 4.48. The summed E-state index contributed by atoms with van der Waals surface area (Å²) in [5, 5.41) is 9.29. The van der Waals surface area contributed by atoms with Crippen molar-refractivity contribution in [3.63, 3.8) is 0 Å². The molecular formula is C14H17ClO2. The van der Waals surface area contributed by atoms with Crippen LogP contribution >= 0.6 is 11.6 Å². The van der Waals surface area contributed by atoms with Gasteiger partial charge >= 0.3 is 5.97 Å². The highest BCUT2D eigenvalue weighted by Gasteiger charge is 2.16. The van der Waals surface area contributed by atoms with Gasteiger partial charge in [0.25, 0.3) is 0 Å². The molecule has 2 nitrogen and oxygen atoms in total. The summed E-state index contributed by atoms with van der Waals surface area (Å²) in [6.07, 6.45) is 7.56. The molecule has 2 rings (SSSR count). The first-order valence-electron chi connectivity index (χ1n) is 6.21. The minimum absolute atomic E-state index is 0.198. The van der Waals surface area contributed by atoms with Crippen LogP contribution in [0.5, 0.6) is 0 Å². The molecule has 1 saturated carbocycles. The van der Waals surface area contributed by atoms with E-state index >= 15 is 0 Å². The van der Waals surface area contributed by atoms with E-state index in [2.05, 4.69) is 0 Å². The fourth-order valence-corrected chi connectivity index (χ4v) is 2.84. The van der Waals surface area contributed by atoms with E-state index in [1.807, 2.05) is 12.1 Å². The summed E-state index contributed by atoms with van der Waals surface area (Å²) in [5.74, 6) is -0.403. The van der Waals surface area contributed by atoms with Gasteiger partial charge in [-0.1, -0.05) is 43.4 Å². The first kappa shape index (κ1) is 12.4. The summed E-state index contributed by atoms with van der Waals surface area (Å²) < 4.78 is 0. The van der Waals surface area contributed by atoms with Gasteiger partial charge in [-0.2, -0.15) is 0 Å². The maximum atomic E-state index is 10.9. The standard InChI is InChI=1S/C14H17ClO2/c15-13-9-11(7-8-12(13)14(16)17)10-5-3-1-2-4-6-10/h7-10H,1-6H2,(H,16,17). The van der Waals surface area contributed by atoms with Gasteiger partial charge in [-0.05, 0) is 36.5 Å². The molecule has 0 atom stereocenters. The fraction of sp³-hybridized carbons (Fsp3) is 0.500. The molecule has 0 heterocycles. The first-order valence-corrected chi connectivity index (χ1v) is 6.59. The van der Waals surface area contributed by atoms with Crippen molar-refractivity contribution in [2.45, 2.75) is 44.4 Å². The Morgan fingerprint density at radius 1 is 1.18 bits per heavy atom. The van der Waals surface area contributed by atoms with Gasteiger partial charge in [-0.3, -0.25) is 0 Å². The molecule has 0 aromatic heterocycles. The normalized spacial score (nSPS) is 17.7. The lowest BCUT2D eigenvalue weighted by Gasteiger charge is -2.15. The van der Waals surface area contributed by atoms with Gasteiger partial charge in [0.05, 0.1) is 10.6 Å². The Labute approximate surface area is 107 Å². The summed E-state index contributed by atoms with van der Waals surface area (Å²) in [6, 6.07) is 5.39. The Morgan fingerprint density at radius 3 is 2.35 bits per heavy atom. The zero-order valence-corrected chi connectivity index (χ0v) is 10.5. The Kier molecular flexibility index (Phi) is 4.06. The van der Waals surface area contributed by atoms with Crippen LogP contribution < -0.4 is 0 Å². The molecule has 92 valence electrons. The van der Waals surface area contributed by atoms with Gasteiger partial charge in [0, 0.05) is 0 Å². The third-order valence-corrected chi connectivity index (χ3v) is 3.86. The number of aromatic carboxylic acids is 1. The smallest absolute Gasteiger partial charge is 0.337 e. The molecule has 3 heteroatoms. The highest BCUT2D eigenvalue weighted by molar-refractivity contribution is 6.33. The molecule has 0 bridgehead atoms. The second-order valence-electron chi connectivity index (χ2n) is 4.73. The monoisotopic (exact) mass is 252 g/mol. The van der Waals surface area contributed by atoms with Crippen molar-refractivity contribution >= 4 is 17.6 Å². The molecule has 17 heavy (non-hydrogen) atoms. The van der Waals surface area contributed by atoms with Crippen molar-refractivity contribution in [3.8, 4) is 0 Å². The van der Waals surface area contributed by atoms with Crippen LogP contribution in [-0.4, -0.2) is 11.1 Å². The van der Waals surface area contributed by atoms with Gasteiger partial charge in [0.2, 0.25) is 0 Å². The first-order chi connectivity index (χ1) is 8.18. The minimum Gasteiger partial charge on any atom is -0.478 e. The maximum Gasteiger partial charge on any atom is 0.337 e. The van der Waals surface area contributed by atoms with E-state index in [0.717, 1.165) is 0 Å².